The molecule has 7 nitrogen and oxygen atoms in total. The van der Waals surface area contributed by atoms with Gasteiger partial charge in [-0.1, -0.05) is 5.21 Å². The molecule has 124 valence electrons. The van der Waals surface area contributed by atoms with Gasteiger partial charge in [0, 0.05) is 11.8 Å². The molecule has 0 amide bonds. The number of benzene rings is 1. The van der Waals surface area contributed by atoms with E-state index in [2.05, 4.69) is 42.9 Å². The second-order valence-corrected chi connectivity index (χ2v) is 6.08. The van der Waals surface area contributed by atoms with Crippen molar-refractivity contribution in [2.45, 2.75) is 20.1 Å². The summed E-state index contributed by atoms with van der Waals surface area (Å²) in [6, 6.07) is 5.82. The molecule has 0 radical (unpaired) electrons. The summed E-state index contributed by atoms with van der Waals surface area (Å²) in [6.07, 6.45) is 1.68. The van der Waals surface area contributed by atoms with Gasteiger partial charge >= 0.3 is 0 Å². The number of aryl methyl sites for hydroxylation is 1. The molecule has 0 atom stereocenters. The fourth-order valence-electron chi connectivity index (χ4n) is 2.01. The average molecular weight is 440 g/mol. The predicted octanol–water partition coefficient (Wildman–Crippen LogP) is 2.33. The van der Waals surface area contributed by atoms with Gasteiger partial charge in [0.05, 0.1) is 6.54 Å². The third-order valence-corrected chi connectivity index (χ3v) is 4.45. The lowest BCUT2D eigenvalue weighted by Gasteiger charge is -2.06. The first-order valence-electron chi connectivity index (χ1n) is 7.07. The van der Waals surface area contributed by atoms with E-state index in [4.69, 9.17) is 10.5 Å². The van der Waals surface area contributed by atoms with Crippen molar-refractivity contribution < 1.29 is 9.13 Å². The zero-order valence-electron chi connectivity index (χ0n) is 12.8. The third kappa shape index (κ3) is 3.78. The van der Waals surface area contributed by atoms with Gasteiger partial charge in [0.1, 0.15) is 39.2 Å². The monoisotopic (exact) mass is 440 g/mol. The second kappa shape index (κ2) is 7.07. The van der Waals surface area contributed by atoms with Crippen molar-refractivity contribution in [2.75, 3.05) is 5.73 Å². The van der Waals surface area contributed by atoms with Gasteiger partial charge in [0.2, 0.25) is 0 Å². The standard InChI is InChI=1S/C15H14FIN6O/c1-9-19-6-10(15(18)20-9)7-23-14(17)13(21-22-23)8-24-12-4-2-11(16)3-5-12/h2-6H,7-8H2,1H3,(H2,18,19,20). The van der Waals surface area contributed by atoms with Crippen LogP contribution < -0.4 is 10.5 Å². The highest BCUT2D eigenvalue weighted by atomic mass is 127. The summed E-state index contributed by atoms with van der Waals surface area (Å²) in [7, 11) is 0. The number of anilines is 1. The van der Waals surface area contributed by atoms with Crippen LogP contribution in [0.3, 0.4) is 0 Å². The van der Waals surface area contributed by atoms with Crippen LogP contribution in [-0.2, 0) is 13.2 Å². The van der Waals surface area contributed by atoms with E-state index in [1.807, 2.05) is 0 Å². The smallest absolute Gasteiger partial charge is 0.135 e. The number of hydrogen-bond acceptors (Lipinski definition) is 6. The SMILES string of the molecule is Cc1ncc(Cn2nnc(COc3ccc(F)cc3)c2I)c(N)n1. The maximum atomic E-state index is 12.9. The van der Waals surface area contributed by atoms with Gasteiger partial charge in [-0.25, -0.2) is 19.0 Å². The molecule has 0 aliphatic rings. The van der Waals surface area contributed by atoms with Crippen molar-refractivity contribution in [3.63, 3.8) is 0 Å². The topological polar surface area (TPSA) is 91.7 Å². The van der Waals surface area contributed by atoms with Gasteiger partial charge in [-0.05, 0) is 53.8 Å². The van der Waals surface area contributed by atoms with Crippen LogP contribution in [0.25, 0.3) is 0 Å². The van der Waals surface area contributed by atoms with Crippen LogP contribution in [0.1, 0.15) is 17.1 Å². The van der Waals surface area contributed by atoms with Crippen molar-refractivity contribution in [3.05, 3.63) is 57.1 Å². The van der Waals surface area contributed by atoms with Crippen LogP contribution in [0.2, 0.25) is 0 Å². The van der Waals surface area contributed by atoms with Crippen LogP contribution in [-0.4, -0.2) is 25.0 Å². The Bertz CT molecular complexity index is 852. The molecule has 9 heteroatoms. The zero-order valence-corrected chi connectivity index (χ0v) is 14.9. The summed E-state index contributed by atoms with van der Waals surface area (Å²) in [5.74, 6) is 1.31. The van der Waals surface area contributed by atoms with Gasteiger partial charge in [0.25, 0.3) is 0 Å². The largest absolute Gasteiger partial charge is 0.487 e. The van der Waals surface area contributed by atoms with Crippen LogP contribution in [0.15, 0.2) is 30.5 Å². The van der Waals surface area contributed by atoms with E-state index in [1.54, 1.807) is 29.9 Å². The van der Waals surface area contributed by atoms with E-state index in [1.165, 1.54) is 12.1 Å². The number of aromatic nitrogens is 5. The molecule has 0 aliphatic carbocycles. The first kappa shape index (κ1) is 16.6. The van der Waals surface area contributed by atoms with Crippen molar-refractivity contribution in [3.8, 4) is 5.75 Å². The number of halogens is 2. The molecule has 0 fully saturated rings. The minimum Gasteiger partial charge on any atom is -0.487 e. The number of nitrogens with zero attached hydrogens (tertiary/aromatic N) is 5. The van der Waals surface area contributed by atoms with Crippen molar-refractivity contribution in [2.24, 2.45) is 0 Å². The quantitative estimate of drug-likeness (QED) is 0.613. The first-order valence-corrected chi connectivity index (χ1v) is 8.15. The van der Waals surface area contributed by atoms with Gasteiger partial charge < -0.3 is 10.5 Å². The zero-order chi connectivity index (χ0) is 17.1. The van der Waals surface area contributed by atoms with E-state index in [9.17, 15) is 4.39 Å². The molecule has 0 spiro atoms. The predicted molar refractivity (Wildman–Crippen MR) is 93.8 cm³/mol. The lowest BCUT2D eigenvalue weighted by molar-refractivity contribution is 0.299. The number of hydrogen-bond donors (Lipinski definition) is 1. The van der Waals surface area contributed by atoms with Crippen LogP contribution >= 0.6 is 22.6 Å². The third-order valence-electron chi connectivity index (χ3n) is 3.27. The number of nitrogens with two attached hydrogens (primary N) is 1. The minimum absolute atomic E-state index is 0.240. The molecule has 0 unspecified atom stereocenters. The van der Waals surface area contributed by atoms with E-state index < -0.39 is 0 Å². The number of nitrogen functional groups attached to an aromatic ring is 1. The van der Waals surface area contributed by atoms with Crippen LogP contribution in [0, 0.1) is 16.4 Å². The molecule has 0 aliphatic heterocycles. The Kier molecular flexibility index (Phi) is 4.88. The average Bonchev–Trinajstić information content (AvgIpc) is 2.90. The molecule has 2 N–H and O–H groups in total. The highest BCUT2D eigenvalue weighted by Gasteiger charge is 2.13. The Hall–Kier alpha value is -2.30. The Morgan fingerprint density at radius 2 is 2.04 bits per heavy atom. The molecule has 1 aromatic carbocycles. The molecular formula is C15H14FIN6O. The summed E-state index contributed by atoms with van der Waals surface area (Å²) in [4.78, 5) is 8.28. The van der Waals surface area contributed by atoms with E-state index >= 15 is 0 Å². The van der Waals surface area contributed by atoms with Crippen LogP contribution in [0.4, 0.5) is 10.2 Å². The molecule has 2 heterocycles. The van der Waals surface area contributed by atoms with Crippen molar-refractivity contribution in [1.82, 2.24) is 25.0 Å². The molecule has 0 saturated carbocycles. The highest BCUT2D eigenvalue weighted by molar-refractivity contribution is 14.1. The fourth-order valence-corrected chi connectivity index (χ4v) is 2.54. The van der Waals surface area contributed by atoms with Gasteiger partial charge in [-0.15, -0.1) is 5.10 Å². The lowest BCUT2D eigenvalue weighted by atomic mass is 10.3. The first-order chi connectivity index (χ1) is 11.5. The summed E-state index contributed by atoms with van der Waals surface area (Å²) < 4.78 is 21.0. The lowest BCUT2D eigenvalue weighted by Crippen LogP contribution is -2.09. The van der Waals surface area contributed by atoms with Crippen LogP contribution in [0.5, 0.6) is 5.75 Å². The van der Waals surface area contributed by atoms with E-state index in [0.29, 0.717) is 29.6 Å². The highest BCUT2D eigenvalue weighted by Crippen LogP contribution is 2.17. The van der Waals surface area contributed by atoms with Crippen molar-refractivity contribution in [1.29, 1.82) is 0 Å². The van der Waals surface area contributed by atoms with Gasteiger partial charge in [0.15, 0.2) is 0 Å². The normalized spacial score (nSPS) is 10.8. The molecule has 3 rings (SSSR count). The summed E-state index contributed by atoms with van der Waals surface area (Å²) >= 11 is 2.15. The van der Waals surface area contributed by atoms with Crippen molar-refractivity contribution >= 4 is 28.4 Å². The fraction of sp³-hybridized carbons (Fsp3) is 0.200. The Balaban J connectivity index is 1.70. The second-order valence-electron chi connectivity index (χ2n) is 5.05. The van der Waals surface area contributed by atoms with E-state index in [-0.39, 0.29) is 12.4 Å². The Morgan fingerprint density at radius 1 is 1.29 bits per heavy atom. The van der Waals surface area contributed by atoms with E-state index in [0.717, 1.165) is 9.26 Å². The maximum absolute atomic E-state index is 12.9. The molecule has 24 heavy (non-hydrogen) atoms. The number of ether oxygens (including phenoxy) is 1. The van der Waals surface area contributed by atoms with Gasteiger partial charge in [-0.3, -0.25) is 0 Å². The molecular weight excluding hydrogens is 426 g/mol. The summed E-state index contributed by atoms with van der Waals surface area (Å²) in [5.41, 5.74) is 7.36. The number of rotatable bonds is 5. The molecule has 3 aromatic rings. The minimum atomic E-state index is -0.305. The molecule has 2 aromatic heterocycles. The van der Waals surface area contributed by atoms with Gasteiger partial charge in [-0.2, -0.15) is 0 Å². The molecule has 0 saturated heterocycles. The summed E-state index contributed by atoms with van der Waals surface area (Å²) in [5, 5.41) is 8.23. The Morgan fingerprint density at radius 3 is 2.75 bits per heavy atom. The maximum Gasteiger partial charge on any atom is 0.135 e. The molecule has 0 bridgehead atoms. The Labute approximate surface area is 151 Å². The summed E-state index contributed by atoms with van der Waals surface area (Å²) in [6.45, 7) is 2.45.